The fourth-order valence-corrected chi connectivity index (χ4v) is 2.16. The van der Waals surface area contributed by atoms with Gasteiger partial charge in [-0.3, -0.25) is 0 Å². The first kappa shape index (κ1) is 13.1. The Morgan fingerprint density at radius 3 is 2.67 bits per heavy atom. The van der Waals surface area contributed by atoms with Crippen molar-refractivity contribution in [3.8, 4) is 11.4 Å². The van der Waals surface area contributed by atoms with E-state index in [-0.39, 0.29) is 11.4 Å². The number of aliphatic hydroxyl groups is 1. The van der Waals surface area contributed by atoms with Gasteiger partial charge in [-0.1, -0.05) is 42.4 Å². The molecule has 0 saturated heterocycles. The van der Waals surface area contributed by atoms with E-state index >= 15 is 0 Å². The van der Waals surface area contributed by atoms with E-state index in [1.54, 1.807) is 18.7 Å². The third-order valence-electron chi connectivity index (χ3n) is 2.65. The maximum Gasteiger partial charge on any atom is 0.236 e. The third-order valence-corrected chi connectivity index (χ3v) is 3.98. The van der Waals surface area contributed by atoms with Gasteiger partial charge in [0.2, 0.25) is 11.7 Å². The second kappa shape index (κ2) is 6.02. The molecule has 1 N–H and O–H groups in total. The SMILES string of the molecule is CC(O)C(C)SCc1nc(-c2ccccc2)no1. The van der Waals surface area contributed by atoms with Gasteiger partial charge in [0.1, 0.15) is 0 Å². The average molecular weight is 264 g/mol. The largest absolute Gasteiger partial charge is 0.392 e. The fourth-order valence-electron chi connectivity index (χ4n) is 1.36. The maximum atomic E-state index is 9.39. The smallest absolute Gasteiger partial charge is 0.236 e. The molecule has 2 aromatic rings. The number of hydrogen-bond donors (Lipinski definition) is 1. The minimum absolute atomic E-state index is 0.150. The summed E-state index contributed by atoms with van der Waals surface area (Å²) in [5.41, 5.74) is 0.945. The van der Waals surface area contributed by atoms with E-state index in [1.165, 1.54) is 0 Å². The summed E-state index contributed by atoms with van der Waals surface area (Å²) >= 11 is 1.60. The topological polar surface area (TPSA) is 59.2 Å². The zero-order valence-electron chi connectivity index (χ0n) is 10.4. The van der Waals surface area contributed by atoms with Crippen molar-refractivity contribution in [2.24, 2.45) is 0 Å². The van der Waals surface area contributed by atoms with E-state index in [0.717, 1.165) is 5.56 Å². The number of hydrogen-bond acceptors (Lipinski definition) is 5. The molecular weight excluding hydrogens is 248 g/mol. The van der Waals surface area contributed by atoms with Crippen LogP contribution in [-0.4, -0.2) is 26.6 Å². The first-order valence-corrected chi connectivity index (χ1v) is 6.89. The molecule has 2 atom stereocenters. The van der Waals surface area contributed by atoms with E-state index in [0.29, 0.717) is 17.5 Å². The second-order valence-corrected chi connectivity index (χ2v) is 5.50. The van der Waals surface area contributed by atoms with Crippen molar-refractivity contribution >= 4 is 11.8 Å². The van der Waals surface area contributed by atoms with E-state index in [4.69, 9.17) is 4.52 Å². The minimum Gasteiger partial charge on any atom is -0.392 e. The summed E-state index contributed by atoms with van der Waals surface area (Å²) in [7, 11) is 0. The zero-order chi connectivity index (χ0) is 13.0. The molecule has 0 amide bonds. The van der Waals surface area contributed by atoms with Crippen molar-refractivity contribution in [3.63, 3.8) is 0 Å². The molecule has 2 unspecified atom stereocenters. The summed E-state index contributed by atoms with van der Waals surface area (Å²) in [5.74, 6) is 1.81. The lowest BCUT2D eigenvalue weighted by Gasteiger charge is -2.11. The number of aromatic nitrogens is 2. The highest BCUT2D eigenvalue weighted by Crippen LogP contribution is 2.21. The predicted molar refractivity (Wildman–Crippen MR) is 72.2 cm³/mol. The number of aliphatic hydroxyl groups excluding tert-OH is 1. The van der Waals surface area contributed by atoms with E-state index < -0.39 is 0 Å². The summed E-state index contributed by atoms with van der Waals surface area (Å²) in [6.07, 6.45) is -0.341. The molecule has 0 bridgehead atoms. The van der Waals surface area contributed by atoms with Crippen molar-refractivity contribution in [2.75, 3.05) is 0 Å². The van der Waals surface area contributed by atoms with Gasteiger partial charge in [0.15, 0.2) is 0 Å². The lowest BCUT2D eigenvalue weighted by molar-refractivity contribution is 0.196. The number of benzene rings is 1. The Morgan fingerprint density at radius 1 is 1.28 bits per heavy atom. The molecule has 18 heavy (non-hydrogen) atoms. The van der Waals surface area contributed by atoms with Crippen molar-refractivity contribution in [1.29, 1.82) is 0 Å². The first-order chi connectivity index (χ1) is 8.66. The summed E-state index contributed by atoms with van der Waals surface area (Å²) < 4.78 is 5.19. The Balaban J connectivity index is 1.99. The van der Waals surface area contributed by atoms with Gasteiger partial charge in [0.25, 0.3) is 0 Å². The van der Waals surface area contributed by atoms with Crippen molar-refractivity contribution < 1.29 is 9.63 Å². The van der Waals surface area contributed by atoms with Gasteiger partial charge < -0.3 is 9.63 Å². The van der Waals surface area contributed by atoms with E-state index in [2.05, 4.69) is 10.1 Å². The highest BCUT2D eigenvalue weighted by Gasteiger charge is 2.13. The first-order valence-electron chi connectivity index (χ1n) is 5.84. The van der Waals surface area contributed by atoms with Crippen LogP contribution in [0.3, 0.4) is 0 Å². The van der Waals surface area contributed by atoms with Crippen LogP contribution in [-0.2, 0) is 5.75 Å². The van der Waals surface area contributed by atoms with Crippen LogP contribution in [0.5, 0.6) is 0 Å². The molecule has 0 spiro atoms. The Kier molecular flexibility index (Phi) is 4.38. The summed E-state index contributed by atoms with van der Waals surface area (Å²) in [5, 5.41) is 13.5. The van der Waals surface area contributed by atoms with Crippen LogP contribution < -0.4 is 0 Å². The standard InChI is InChI=1S/C13H16N2O2S/c1-9(16)10(2)18-8-12-14-13(15-17-12)11-6-4-3-5-7-11/h3-7,9-10,16H,8H2,1-2H3. The molecule has 0 saturated carbocycles. The van der Waals surface area contributed by atoms with Crippen LogP contribution in [0.15, 0.2) is 34.9 Å². The molecule has 0 aliphatic heterocycles. The van der Waals surface area contributed by atoms with Gasteiger partial charge in [-0.05, 0) is 6.92 Å². The summed E-state index contributed by atoms with van der Waals surface area (Å²) in [4.78, 5) is 4.33. The molecular formula is C13H16N2O2S. The molecule has 1 aromatic heterocycles. The highest BCUT2D eigenvalue weighted by molar-refractivity contribution is 7.99. The zero-order valence-corrected chi connectivity index (χ0v) is 11.2. The lowest BCUT2D eigenvalue weighted by Crippen LogP contribution is -2.15. The van der Waals surface area contributed by atoms with Gasteiger partial charge in [0.05, 0.1) is 11.9 Å². The van der Waals surface area contributed by atoms with Crippen molar-refractivity contribution in [3.05, 3.63) is 36.2 Å². The third kappa shape index (κ3) is 3.34. The van der Waals surface area contributed by atoms with Gasteiger partial charge in [0, 0.05) is 10.8 Å². The van der Waals surface area contributed by atoms with E-state index in [9.17, 15) is 5.11 Å². The Labute approximate surface area is 110 Å². The minimum atomic E-state index is -0.341. The molecule has 1 aromatic carbocycles. The van der Waals surface area contributed by atoms with Crippen molar-refractivity contribution in [2.45, 2.75) is 31.0 Å². The predicted octanol–water partition coefficient (Wildman–Crippen LogP) is 2.74. The Morgan fingerprint density at radius 2 is 2.00 bits per heavy atom. The Bertz CT molecular complexity index is 485. The molecule has 0 aliphatic rings. The fraction of sp³-hybridized carbons (Fsp3) is 0.385. The van der Waals surface area contributed by atoms with Crippen LogP contribution in [0, 0.1) is 0 Å². The molecule has 1 heterocycles. The lowest BCUT2D eigenvalue weighted by atomic mass is 10.2. The van der Waals surface area contributed by atoms with Gasteiger partial charge in [-0.25, -0.2) is 0 Å². The molecule has 0 fully saturated rings. The van der Waals surface area contributed by atoms with Crippen LogP contribution in [0.25, 0.3) is 11.4 Å². The summed E-state index contributed by atoms with van der Waals surface area (Å²) in [6.45, 7) is 3.75. The Hall–Kier alpha value is -1.33. The number of rotatable bonds is 5. The van der Waals surface area contributed by atoms with Crippen LogP contribution in [0.4, 0.5) is 0 Å². The van der Waals surface area contributed by atoms with E-state index in [1.807, 2.05) is 37.3 Å². The number of nitrogens with zero attached hydrogens (tertiary/aromatic N) is 2. The van der Waals surface area contributed by atoms with Gasteiger partial charge >= 0.3 is 0 Å². The van der Waals surface area contributed by atoms with Crippen LogP contribution in [0.1, 0.15) is 19.7 Å². The molecule has 96 valence electrons. The maximum absolute atomic E-state index is 9.39. The normalized spacial score (nSPS) is 14.4. The summed E-state index contributed by atoms with van der Waals surface area (Å²) in [6, 6.07) is 9.72. The van der Waals surface area contributed by atoms with Gasteiger partial charge in [-0.15, -0.1) is 11.8 Å². The van der Waals surface area contributed by atoms with Crippen LogP contribution in [0.2, 0.25) is 0 Å². The molecule has 0 radical (unpaired) electrons. The monoisotopic (exact) mass is 264 g/mol. The molecule has 4 nitrogen and oxygen atoms in total. The molecule has 5 heteroatoms. The highest BCUT2D eigenvalue weighted by atomic mass is 32.2. The molecule has 2 rings (SSSR count). The molecule has 0 aliphatic carbocycles. The van der Waals surface area contributed by atoms with Gasteiger partial charge in [-0.2, -0.15) is 4.98 Å². The average Bonchev–Trinajstić information content (AvgIpc) is 2.85. The van der Waals surface area contributed by atoms with Crippen LogP contribution >= 0.6 is 11.8 Å². The quantitative estimate of drug-likeness (QED) is 0.899. The van der Waals surface area contributed by atoms with Crippen molar-refractivity contribution in [1.82, 2.24) is 10.1 Å². The number of thioether (sulfide) groups is 1. The second-order valence-electron chi connectivity index (χ2n) is 4.13.